The number of carbonyl (C=O) groups is 12. The molecule has 12 atom stereocenters. The van der Waals surface area contributed by atoms with Gasteiger partial charge in [-0.25, -0.2) is 0 Å². The quantitative estimate of drug-likeness (QED) is 0.0718. The predicted octanol–water partition coefficient (Wildman–Crippen LogP) is -3.34. The summed E-state index contributed by atoms with van der Waals surface area (Å²) in [7, 11) is 0. The van der Waals surface area contributed by atoms with E-state index in [0.717, 1.165) is 20.8 Å². The molecule has 3 saturated heterocycles. The van der Waals surface area contributed by atoms with Gasteiger partial charge in [-0.15, -0.1) is 0 Å². The van der Waals surface area contributed by atoms with Crippen LogP contribution in [0.1, 0.15) is 96.2 Å². The number of ether oxygens (including phenoxy) is 13. The second kappa shape index (κ2) is 33.5. The number of primary amides is 2. The van der Waals surface area contributed by atoms with Gasteiger partial charge in [-0.1, -0.05) is 11.6 Å². The lowest BCUT2D eigenvalue weighted by Gasteiger charge is -2.22. The molecule has 5 heterocycles. The van der Waals surface area contributed by atoms with E-state index in [9.17, 15) is 57.5 Å². The molecule has 31 heteroatoms. The molecule has 0 saturated carbocycles. The Bertz CT molecular complexity index is 2430. The summed E-state index contributed by atoms with van der Waals surface area (Å²) in [5, 5.41) is 0. The fourth-order valence-electron chi connectivity index (χ4n) is 6.84. The van der Waals surface area contributed by atoms with Gasteiger partial charge in [0.25, 0.3) is 5.91 Å². The molecular weight excluding hydrogens is 1090 g/mol. The number of nitrogens with two attached hydrogens (primary N) is 2. The first-order valence-corrected chi connectivity index (χ1v) is 23.2. The molecule has 4 unspecified atom stereocenters. The largest absolute Gasteiger partial charge is 1.00 e. The van der Waals surface area contributed by atoms with Crippen molar-refractivity contribution in [3.05, 3.63) is 60.2 Å². The molecule has 29 nitrogen and oxygen atoms in total. The summed E-state index contributed by atoms with van der Waals surface area (Å²) in [6.07, 6.45) is -4.87. The van der Waals surface area contributed by atoms with Crippen molar-refractivity contribution in [1.82, 2.24) is 4.98 Å². The van der Waals surface area contributed by atoms with Crippen molar-refractivity contribution >= 4 is 83.1 Å². The Morgan fingerprint density at radius 3 is 1.26 bits per heavy atom. The smallest absolute Gasteiger partial charge is 0.305 e. The van der Waals surface area contributed by atoms with E-state index in [-0.39, 0.29) is 37.8 Å². The molecule has 2 amide bonds. The number of carbonyl (C=O) groups excluding carboxylic acids is 12. The minimum Gasteiger partial charge on any atom is -1.00 e. The zero-order valence-corrected chi connectivity index (χ0v) is 45.2. The molecule has 3 fully saturated rings. The van der Waals surface area contributed by atoms with Gasteiger partial charge in [-0.2, -0.15) is 4.57 Å². The Morgan fingerprint density at radius 1 is 0.487 bits per heavy atom. The molecule has 0 bridgehead atoms. The Hall–Kier alpha value is -7.60. The highest BCUT2D eigenvalue weighted by Gasteiger charge is 2.55. The van der Waals surface area contributed by atoms with Crippen LogP contribution in [-0.4, -0.2) is 163 Å². The van der Waals surface area contributed by atoms with E-state index in [1.54, 1.807) is 30.6 Å². The Labute approximate surface area is 456 Å². The van der Waals surface area contributed by atoms with E-state index in [4.69, 9.17) is 84.6 Å². The number of halogens is 2. The zero-order valence-electron chi connectivity index (χ0n) is 43.7. The van der Waals surface area contributed by atoms with Crippen molar-refractivity contribution in [2.24, 2.45) is 11.5 Å². The summed E-state index contributed by atoms with van der Waals surface area (Å²) in [5.41, 5.74) is 9.90. The predicted molar refractivity (Wildman–Crippen MR) is 250 cm³/mol. The van der Waals surface area contributed by atoms with Crippen molar-refractivity contribution in [2.75, 3.05) is 19.8 Å². The van der Waals surface area contributed by atoms with Crippen molar-refractivity contribution < 1.29 is 136 Å². The second-order valence-electron chi connectivity index (χ2n) is 16.1. The average Bonchev–Trinajstić information content (AvgIpc) is 3.91. The van der Waals surface area contributed by atoms with Crippen LogP contribution < -0.4 is 28.4 Å². The third kappa shape index (κ3) is 24.2. The average molecular weight is 1150 g/mol. The number of hydrogen-bond acceptors (Lipinski definition) is 26. The third-order valence-electron chi connectivity index (χ3n) is 9.60. The molecular formula is C47H60Cl2N4O25. The molecule has 2 aromatic rings. The molecule has 3 aliphatic heterocycles. The molecule has 78 heavy (non-hydrogen) atoms. The fourth-order valence-corrected chi connectivity index (χ4v) is 7.16. The number of hydrogen-bond donors (Lipinski definition) is 2. The SMILES string of the molecule is CC(=O)OC[C@H]1OC(Cl)[C@@H](OC(C)=O)C1OC(C)=O.CC(=O)OC[C@H]1O[C@@H](OC(C)=O)[C@@H](OC(C)=O)C1OC(C)=O.CC(=O)OC[C@H]1O[C@@H]([n+]2cccc(C(N)=O)c2)[C@@H](OC(C)=O)C1OC(C)=O.NC(=O)c1cccnc1.[Cl-]. The maximum Gasteiger partial charge on any atom is 0.305 e. The van der Waals surface area contributed by atoms with Crippen LogP contribution in [-0.2, 0) is 110 Å². The van der Waals surface area contributed by atoms with E-state index in [1.807, 2.05) is 0 Å². The van der Waals surface area contributed by atoms with Crippen molar-refractivity contribution in [1.29, 1.82) is 0 Å². The van der Waals surface area contributed by atoms with Crippen LogP contribution >= 0.6 is 11.6 Å². The van der Waals surface area contributed by atoms with Gasteiger partial charge >= 0.3 is 65.9 Å². The summed E-state index contributed by atoms with van der Waals surface area (Å²) >= 11 is 5.88. The van der Waals surface area contributed by atoms with Gasteiger partial charge in [0, 0.05) is 87.7 Å². The maximum atomic E-state index is 11.6. The maximum absolute atomic E-state index is 11.6. The number of nitrogens with zero attached hydrogens (tertiary/aromatic N) is 2. The third-order valence-corrected chi connectivity index (χ3v) is 9.95. The van der Waals surface area contributed by atoms with Crippen molar-refractivity contribution in [3.8, 4) is 0 Å². The van der Waals surface area contributed by atoms with Gasteiger partial charge < -0.3 is 85.5 Å². The highest BCUT2D eigenvalue weighted by molar-refractivity contribution is 6.20. The Morgan fingerprint density at radius 2 is 0.859 bits per heavy atom. The first kappa shape index (κ1) is 68.4. The van der Waals surface area contributed by atoms with E-state index < -0.39 is 145 Å². The van der Waals surface area contributed by atoms with Gasteiger partial charge in [-0.05, 0) is 18.2 Å². The monoisotopic (exact) mass is 1150 g/mol. The lowest BCUT2D eigenvalue weighted by Crippen LogP contribution is -3.00. The Kier molecular flexibility index (Phi) is 29.4. The highest BCUT2D eigenvalue weighted by atomic mass is 35.5. The summed E-state index contributed by atoms with van der Waals surface area (Å²) in [6.45, 7) is 11.3. The summed E-state index contributed by atoms with van der Waals surface area (Å²) < 4.78 is 68.0. The Balaban J connectivity index is 0.000000544. The molecule has 0 radical (unpaired) electrons. The van der Waals surface area contributed by atoms with Crippen LogP contribution in [0.15, 0.2) is 49.1 Å². The highest BCUT2D eigenvalue weighted by Crippen LogP contribution is 2.33. The number of pyridine rings is 2. The molecule has 432 valence electrons. The normalized spacial score (nSPS) is 24.2. The topological polar surface area (TPSA) is 394 Å². The second-order valence-corrected chi connectivity index (χ2v) is 16.5. The molecule has 3 aliphatic rings. The van der Waals surface area contributed by atoms with E-state index in [0.29, 0.717) is 5.56 Å². The van der Waals surface area contributed by atoms with E-state index >= 15 is 0 Å². The molecule has 5 rings (SSSR count). The zero-order chi connectivity index (χ0) is 58.3. The standard InChI is InChI=1S/C17H20N2O8.C13H18O9.C11H15ClO7.C6H6N2O.ClH/c1-9(20)24-8-13-14(25-10(2)21)15(26-11(3)22)17(27-13)19-6-4-5-12(7-19)16(18)23;1-6(14)18-5-10-11(19-7(2)15)12(20-8(3)16)13(22-10)21-9(4)17;1-5(13)16-4-8-9(17-6(2)14)10(11(12)19-8)18-7(3)15;7-6(9)5-2-1-3-8-4-5;/h4-7,13-15,17H,8H2,1-3H3,(H-,18,23);10-13H,5H2,1-4H3;8-11H,4H2,1-3H3;1-4H,(H2,7,9);1H/t13-,14?,15+,17-;10-,11?,12+,13-;8-,9?,10+,11?;;/m111../s1. The summed E-state index contributed by atoms with van der Waals surface area (Å²) in [6, 6.07) is 6.36. The van der Waals surface area contributed by atoms with Gasteiger partial charge in [0.15, 0.2) is 42.4 Å². The van der Waals surface area contributed by atoms with Crippen molar-refractivity contribution in [3.63, 3.8) is 0 Å². The van der Waals surface area contributed by atoms with E-state index in [2.05, 4.69) is 4.98 Å². The molecule has 2 aromatic heterocycles. The first-order chi connectivity index (χ1) is 36.0. The van der Waals surface area contributed by atoms with Crippen LogP contribution in [0.3, 0.4) is 0 Å². The van der Waals surface area contributed by atoms with Gasteiger partial charge in [0.2, 0.25) is 24.4 Å². The first-order valence-electron chi connectivity index (χ1n) is 22.7. The van der Waals surface area contributed by atoms with E-state index in [1.165, 1.54) is 71.5 Å². The summed E-state index contributed by atoms with van der Waals surface area (Å²) in [5.74, 6) is -7.10. The van der Waals surface area contributed by atoms with Gasteiger partial charge in [0.05, 0.1) is 5.56 Å². The van der Waals surface area contributed by atoms with Crippen LogP contribution in [0.5, 0.6) is 0 Å². The van der Waals surface area contributed by atoms with Gasteiger partial charge in [-0.3, -0.25) is 62.5 Å². The molecule has 0 aliphatic carbocycles. The number of amides is 2. The number of esters is 10. The van der Waals surface area contributed by atoms with Crippen LogP contribution in [0.4, 0.5) is 0 Å². The van der Waals surface area contributed by atoms with Crippen molar-refractivity contribution in [2.45, 2.75) is 142 Å². The van der Waals surface area contributed by atoms with Crippen LogP contribution in [0.25, 0.3) is 0 Å². The number of aromatic nitrogens is 2. The fraction of sp³-hybridized carbons (Fsp3) is 0.532. The number of rotatable bonds is 16. The minimum absolute atomic E-state index is 0. The number of alkyl halides is 1. The van der Waals surface area contributed by atoms with Crippen LogP contribution in [0, 0.1) is 0 Å². The molecule has 0 spiro atoms. The van der Waals surface area contributed by atoms with Crippen LogP contribution in [0.2, 0.25) is 0 Å². The lowest BCUT2D eigenvalue weighted by atomic mass is 10.1. The lowest BCUT2D eigenvalue weighted by molar-refractivity contribution is -0.765. The summed E-state index contributed by atoms with van der Waals surface area (Å²) in [4.78, 5) is 137. The minimum atomic E-state index is -1.26. The molecule has 4 N–H and O–H groups in total. The van der Waals surface area contributed by atoms with Gasteiger partial charge in [0.1, 0.15) is 43.7 Å². The molecule has 0 aromatic carbocycles.